The van der Waals surface area contributed by atoms with Gasteiger partial charge in [-0.2, -0.15) is 0 Å². The van der Waals surface area contributed by atoms with Gasteiger partial charge < -0.3 is 9.47 Å². The fraction of sp³-hybridized carbons (Fsp3) is 0.125. The van der Waals surface area contributed by atoms with Crippen molar-refractivity contribution in [2.24, 2.45) is 0 Å². The minimum absolute atomic E-state index is 0.0226. The van der Waals surface area contributed by atoms with Crippen LogP contribution >= 0.6 is 27.7 Å². The van der Waals surface area contributed by atoms with E-state index in [-0.39, 0.29) is 17.1 Å². The van der Waals surface area contributed by atoms with Crippen LogP contribution in [0.3, 0.4) is 0 Å². The number of amides is 2. The van der Waals surface area contributed by atoms with Crippen molar-refractivity contribution in [3.63, 3.8) is 0 Å². The van der Waals surface area contributed by atoms with Crippen LogP contribution in [0, 0.1) is 10.1 Å². The number of nitrogens with zero attached hydrogens (tertiary/aromatic N) is 3. The summed E-state index contributed by atoms with van der Waals surface area (Å²) in [6.45, 7) is 0.340. The number of carbonyl (C=O) groups excluding carboxylic acids is 2. The molecular weight excluding hydrogens is 538 g/mol. The van der Waals surface area contributed by atoms with E-state index >= 15 is 0 Å². The third-order valence-corrected chi connectivity index (χ3v) is 6.54. The number of imide groups is 1. The topological polar surface area (TPSA) is 112 Å². The summed E-state index contributed by atoms with van der Waals surface area (Å²) in [5.74, 6) is 0.531. The molecule has 35 heavy (non-hydrogen) atoms. The average molecular weight is 556 g/mol. The Kier molecular flexibility index (Phi) is 7.47. The van der Waals surface area contributed by atoms with E-state index in [4.69, 9.17) is 9.47 Å². The maximum atomic E-state index is 12.9. The molecule has 0 aliphatic carbocycles. The smallest absolute Gasteiger partial charge is 0.293 e. The first kappa shape index (κ1) is 24.4. The molecule has 1 saturated heterocycles. The quantitative estimate of drug-likeness (QED) is 0.201. The second-order valence-corrected chi connectivity index (χ2v) is 9.22. The normalized spacial score (nSPS) is 14.5. The maximum absolute atomic E-state index is 12.9. The molecular formula is C24H18BrN3O6S. The van der Waals surface area contributed by atoms with Gasteiger partial charge in [0.25, 0.3) is 16.8 Å². The van der Waals surface area contributed by atoms with Crippen molar-refractivity contribution >= 4 is 50.6 Å². The van der Waals surface area contributed by atoms with Crippen LogP contribution < -0.4 is 9.47 Å². The molecule has 1 aliphatic heterocycles. The predicted octanol–water partition coefficient (Wildman–Crippen LogP) is 5.58. The number of nitro groups is 1. The maximum Gasteiger partial charge on any atom is 0.293 e. The number of rotatable bonds is 8. The van der Waals surface area contributed by atoms with Crippen molar-refractivity contribution in [1.29, 1.82) is 0 Å². The molecule has 178 valence electrons. The van der Waals surface area contributed by atoms with Crippen LogP contribution in [0.1, 0.15) is 16.7 Å². The van der Waals surface area contributed by atoms with Crippen molar-refractivity contribution in [1.82, 2.24) is 9.88 Å². The summed E-state index contributed by atoms with van der Waals surface area (Å²) < 4.78 is 12.0. The lowest BCUT2D eigenvalue weighted by Crippen LogP contribution is -2.27. The van der Waals surface area contributed by atoms with Crippen LogP contribution in [-0.2, 0) is 17.9 Å². The molecule has 4 rings (SSSR count). The zero-order valence-electron chi connectivity index (χ0n) is 18.3. The Morgan fingerprint density at radius 3 is 2.49 bits per heavy atom. The van der Waals surface area contributed by atoms with Gasteiger partial charge in [-0.15, -0.1) is 0 Å². The van der Waals surface area contributed by atoms with E-state index in [1.165, 1.54) is 31.4 Å². The van der Waals surface area contributed by atoms with Crippen LogP contribution in [0.2, 0.25) is 0 Å². The molecule has 0 bridgehead atoms. The molecule has 0 unspecified atom stereocenters. The monoisotopic (exact) mass is 555 g/mol. The van der Waals surface area contributed by atoms with Crippen LogP contribution in [0.15, 0.2) is 70.3 Å². The van der Waals surface area contributed by atoms with Crippen LogP contribution in [0.25, 0.3) is 6.08 Å². The summed E-state index contributed by atoms with van der Waals surface area (Å²) in [7, 11) is 1.52. The van der Waals surface area contributed by atoms with Crippen molar-refractivity contribution in [2.75, 3.05) is 7.11 Å². The molecule has 9 nitrogen and oxygen atoms in total. The third kappa shape index (κ3) is 5.69. The number of benzene rings is 2. The van der Waals surface area contributed by atoms with Gasteiger partial charge in [0.05, 0.1) is 28.0 Å². The average Bonchev–Trinajstić information content (AvgIpc) is 3.11. The highest BCUT2D eigenvalue weighted by atomic mass is 79.9. The molecule has 1 fully saturated rings. The van der Waals surface area contributed by atoms with E-state index in [1.807, 2.05) is 12.1 Å². The van der Waals surface area contributed by atoms with Gasteiger partial charge in [0, 0.05) is 24.5 Å². The summed E-state index contributed by atoms with van der Waals surface area (Å²) in [6, 6.07) is 12.9. The van der Waals surface area contributed by atoms with Gasteiger partial charge in [-0.3, -0.25) is 29.6 Å². The van der Waals surface area contributed by atoms with Gasteiger partial charge in [-0.25, -0.2) is 0 Å². The van der Waals surface area contributed by atoms with Gasteiger partial charge in [0.15, 0.2) is 11.5 Å². The molecule has 0 saturated carbocycles. The van der Waals surface area contributed by atoms with Crippen LogP contribution in [0.5, 0.6) is 11.5 Å². The number of hydrogen-bond donors (Lipinski definition) is 0. The third-order valence-electron chi connectivity index (χ3n) is 5.04. The molecule has 11 heteroatoms. The molecule has 3 aromatic rings. The van der Waals surface area contributed by atoms with E-state index in [0.717, 1.165) is 22.2 Å². The van der Waals surface area contributed by atoms with Gasteiger partial charge in [0.2, 0.25) is 0 Å². The Morgan fingerprint density at radius 1 is 1.11 bits per heavy atom. The first-order valence-corrected chi connectivity index (χ1v) is 11.8. The number of hydrogen-bond acceptors (Lipinski definition) is 8. The second kappa shape index (κ2) is 10.7. The Bertz CT molecular complexity index is 1310. The molecule has 0 spiro atoms. The minimum Gasteiger partial charge on any atom is -0.493 e. The fourth-order valence-electron chi connectivity index (χ4n) is 3.29. The lowest BCUT2D eigenvalue weighted by molar-refractivity contribution is -0.384. The molecule has 1 aliphatic rings. The Morgan fingerprint density at radius 2 is 1.83 bits per heavy atom. The van der Waals surface area contributed by atoms with Gasteiger partial charge in [-0.1, -0.05) is 12.1 Å². The van der Waals surface area contributed by atoms with E-state index in [2.05, 4.69) is 20.9 Å². The second-order valence-electron chi connectivity index (χ2n) is 7.37. The number of non-ortho nitro benzene ring substituents is 1. The summed E-state index contributed by atoms with van der Waals surface area (Å²) in [4.78, 5) is 41.1. The first-order valence-electron chi connectivity index (χ1n) is 10.2. The van der Waals surface area contributed by atoms with E-state index in [9.17, 15) is 19.7 Å². The van der Waals surface area contributed by atoms with Crippen LogP contribution in [-0.4, -0.2) is 33.1 Å². The standard InChI is InChI=1S/C24H18BrN3O6S/c1-33-20-11-17(10-19(25)22(20)34-14-16-6-8-26-9-7-16)12-21-23(29)27(24(30)35-21)13-15-2-4-18(5-3-15)28(31)32/h2-12H,13-14H2,1H3/b21-12-. The predicted molar refractivity (Wildman–Crippen MR) is 134 cm³/mol. The zero-order valence-corrected chi connectivity index (χ0v) is 20.7. The number of pyridine rings is 1. The minimum atomic E-state index is -0.505. The van der Waals surface area contributed by atoms with Gasteiger partial charge in [-0.05, 0) is 74.7 Å². The summed E-state index contributed by atoms with van der Waals surface area (Å²) >= 11 is 4.33. The highest BCUT2D eigenvalue weighted by Crippen LogP contribution is 2.39. The fourth-order valence-corrected chi connectivity index (χ4v) is 4.70. The Balaban J connectivity index is 1.51. The highest BCUT2D eigenvalue weighted by Gasteiger charge is 2.35. The zero-order chi connectivity index (χ0) is 24.9. The van der Waals surface area contributed by atoms with Gasteiger partial charge >= 0.3 is 0 Å². The Labute approximate surface area is 213 Å². The number of carbonyl (C=O) groups is 2. The van der Waals surface area contributed by atoms with Crippen LogP contribution in [0.4, 0.5) is 10.5 Å². The molecule has 2 aromatic carbocycles. The first-order chi connectivity index (χ1) is 16.9. The number of halogens is 1. The summed E-state index contributed by atoms with van der Waals surface area (Å²) in [5, 5.41) is 10.4. The van der Waals surface area contributed by atoms with E-state index in [1.54, 1.807) is 30.6 Å². The highest BCUT2D eigenvalue weighted by molar-refractivity contribution is 9.10. The van der Waals surface area contributed by atoms with E-state index < -0.39 is 16.1 Å². The Hall–Kier alpha value is -3.70. The SMILES string of the molecule is COc1cc(/C=C2\SC(=O)N(Cc3ccc([N+](=O)[O-])cc3)C2=O)cc(Br)c1OCc1ccncc1. The van der Waals surface area contributed by atoms with Gasteiger partial charge in [0.1, 0.15) is 6.61 Å². The van der Waals surface area contributed by atoms with E-state index in [0.29, 0.717) is 33.7 Å². The van der Waals surface area contributed by atoms with Crippen molar-refractivity contribution < 1.29 is 24.0 Å². The van der Waals surface area contributed by atoms with Crippen molar-refractivity contribution in [2.45, 2.75) is 13.2 Å². The summed E-state index contributed by atoms with van der Waals surface area (Å²) in [5.41, 5.74) is 2.14. The van der Waals surface area contributed by atoms with Crippen molar-refractivity contribution in [3.05, 3.63) is 97.1 Å². The number of methoxy groups -OCH3 is 1. The largest absolute Gasteiger partial charge is 0.493 e. The summed E-state index contributed by atoms with van der Waals surface area (Å²) in [6.07, 6.45) is 4.98. The molecule has 2 heterocycles. The van der Waals surface area contributed by atoms with Crippen molar-refractivity contribution in [3.8, 4) is 11.5 Å². The number of ether oxygens (including phenoxy) is 2. The number of aromatic nitrogens is 1. The number of thioether (sulfide) groups is 1. The molecule has 2 amide bonds. The molecule has 0 radical (unpaired) electrons. The lowest BCUT2D eigenvalue weighted by Gasteiger charge is -2.14. The molecule has 0 N–H and O–H groups in total. The molecule has 0 atom stereocenters. The lowest BCUT2D eigenvalue weighted by atomic mass is 10.1. The number of nitro benzene ring substituents is 1. The molecule has 1 aromatic heterocycles.